The predicted octanol–water partition coefficient (Wildman–Crippen LogP) is 2.12. The highest BCUT2D eigenvalue weighted by Crippen LogP contribution is 2.24. The third-order valence-corrected chi connectivity index (χ3v) is 3.80. The van der Waals surface area contributed by atoms with Crippen LogP contribution in [0.1, 0.15) is 51.4 Å². The molecule has 0 spiro atoms. The van der Waals surface area contributed by atoms with E-state index in [1.54, 1.807) is 11.8 Å². The van der Waals surface area contributed by atoms with Crippen LogP contribution in [0.2, 0.25) is 0 Å². The van der Waals surface area contributed by atoms with Crippen molar-refractivity contribution in [2.24, 2.45) is 5.92 Å². The molecule has 1 aliphatic heterocycles. The number of carbonyl (C=O) groups is 1. The topological polar surface area (TPSA) is 77.7 Å². The molecule has 0 unspecified atom stereocenters. The number of aromatic nitrogens is 2. The highest BCUT2D eigenvalue weighted by atomic mass is 16.5. The summed E-state index contributed by atoms with van der Waals surface area (Å²) in [7, 11) is 0. The van der Waals surface area contributed by atoms with E-state index in [2.05, 4.69) is 24.0 Å². The molecule has 7 nitrogen and oxygen atoms in total. The summed E-state index contributed by atoms with van der Waals surface area (Å²) in [5, 5.41) is 7.86. The normalized spacial score (nSPS) is 20.0. The Labute approximate surface area is 137 Å². The van der Waals surface area contributed by atoms with Crippen LogP contribution in [0.4, 0.5) is 0 Å². The van der Waals surface area contributed by atoms with Crippen molar-refractivity contribution in [1.29, 1.82) is 0 Å². The quantitative estimate of drug-likeness (QED) is 0.764. The summed E-state index contributed by atoms with van der Waals surface area (Å²) in [6.45, 7) is 9.98. The molecule has 1 aromatic heterocycles. The number of aryl methyl sites for hydroxylation is 1. The molecule has 0 aromatic carbocycles. The van der Waals surface area contributed by atoms with Crippen LogP contribution in [0.15, 0.2) is 4.42 Å². The van der Waals surface area contributed by atoms with E-state index in [9.17, 15) is 4.79 Å². The van der Waals surface area contributed by atoms with Gasteiger partial charge in [0.15, 0.2) is 0 Å². The van der Waals surface area contributed by atoms with Gasteiger partial charge in [0.2, 0.25) is 17.7 Å². The Morgan fingerprint density at radius 3 is 2.83 bits per heavy atom. The minimum Gasteiger partial charge on any atom is -0.423 e. The second-order valence-corrected chi connectivity index (χ2v) is 6.40. The molecule has 0 saturated carbocycles. The molecule has 1 amide bonds. The van der Waals surface area contributed by atoms with Crippen LogP contribution >= 0.6 is 0 Å². The fraction of sp³-hybridized carbons (Fsp3) is 0.812. The average molecular weight is 325 g/mol. The first kappa shape index (κ1) is 17.9. The number of rotatable bonds is 7. The first-order valence-corrected chi connectivity index (χ1v) is 8.26. The average Bonchev–Trinajstić information content (AvgIpc) is 2.93. The molecule has 23 heavy (non-hydrogen) atoms. The summed E-state index contributed by atoms with van der Waals surface area (Å²) in [6, 6.07) is -0.300. The summed E-state index contributed by atoms with van der Waals surface area (Å²) in [6.07, 6.45) is 1.52. The molecule has 2 heterocycles. The van der Waals surface area contributed by atoms with Gasteiger partial charge in [-0.1, -0.05) is 13.8 Å². The van der Waals surface area contributed by atoms with Gasteiger partial charge in [0.05, 0.1) is 32.3 Å². The van der Waals surface area contributed by atoms with Gasteiger partial charge in [0.25, 0.3) is 0 Å². The molecule has 2 atom stereocenters. The summed E-state index contributed by atoms with van der Waals surface area (Å²) in [4.78, 5) is 14.2. The van der Waals surface area contributed by atoms with Crippen LogP contribution < -0.4 is 0 Å². The zero-order valence-electron chi connectivity index (χ0n) is 14.4. The molecule has 2 rings (SSSR count). The van der Waals surface area contributed by atoms with Crippen LogP contribution in [-0.4, -0.2) is 53.5 Å². The van der Waals surface area contributed by atoms with E-state index in [0.717, 1.165) is 6.42 Å². The van der Waals surface area contributed by atoms with Gasteiger partial charge >= 0.3 is 0 Å². The van der Waals surface area contributed by atoms with Crippen LogP contribution in [0.3, 0.4) is 0 Å². The van der Waals surface area contributed by atoms with E-state index in [0.29, 0.717) is 50.5 Å². The van der Waals surface area contributed by atoms with Crippen molar-refractivity contribution in [3.05, 3.63) is 11.8 Å². The lowest BCUT2D eigenvalue weighted by molar-refractivity contribution is -0.142. The lowest BCUT2D eigenvalue weighted by Crippen LogP contribution is -2.44. The van der Waals surface area contributed by atoms with Crippen molar-refractivity contribution in [2.45, 2.75) is 52.7 Å². The minimum absolute atomic E-state index is 0.0332. The predicted molar refractivity (Wildman–Crippen MR) is 83.8 cm³/mol. The molecule has 1 aliphatic rings. The van der Waals surface area contributed by atoms with Crippen molar-refractivity contribution in [3.63, 3.8) is 0 Å². The fourth-order valence-corrected chi connectivity index (χ4v) is 2.78. The van der Waals surface area contributed by atoms with Crippen molar-refractivity contribution in [1.82, 2.24) is 15.1 Å². The second kappa shape index (κ2) is 8.40. The standard InChI is InChI=1S/C16H27N3O4/c1-11(2)9-12(3)22-7-5-15(20)19-6-8-21-10-14(19)16-18-17-13(4)23-16/h11-12,14H,5-10H2,1-4H3/t12-,14-/m1/s1. The summed E-state index contributed by atoms with van der Waals surface area (Å²) in [5.41, 5.74) is 0. The van der Waals surface area contributed by atoms with Gasteiger partial charge in [-0.15, -0.1) is 10.2 Å². The zero-order valence-corrected chi connectivity index (χ0v) is 14.4. The lowest BCUT2D eigenvalue weighted by Gasteiger charge is -2.33. The first-order chi connectivity index (χ1) is 11.0. The summed E-state index contributed by atoms with van der Waals surface area (Å²) >= 11 is 0. The Kier molecular flexibility index (Phi) is 6.53. The zero-order chi connectivity index (χ0) is 16.8. The Morgan fingerprint density at radius 2 is 2.17 bits per heavy atom. The van der Waals surface area contributed by atoms with Crippen molar-refractivity contribution in [2.75, 3.05) is 26.4 Å². The number of hydrogen-bond acceptors (Lipinski definition) is 6. The maximum Gasteiger partial charge on any atom is 0.241 e. The second-order valence-electron chi connectivity index (χ2n) is 6.40. The highest BCUT2D eigenvalue weighted by Gasteiger charge is 2.32. The Bertz CT molecular complexity index is 503. The van der Waals surface area contributed by atoms with Crippen LogP contribution in [0, 0.1) is 12.8 Å². The van der Waals surface area contributed by atoms with E-state index in [4.69, 9.17) is 13.9 Å². The van der Waals surface area contributed by atoms with Crippen molar-refractivity contribution < 1.29 is 18.7 Å². The molecular weight excluding hydrogens is 298 g/mol. The van der Waals surface area contributed by atoms with Gasteiger partial charge in [-0.05, 0) is 19.3 Å². The smallest absolute Gasteiger partial charge is 0.241 e. The van der Waals surface area contributed by atoms with Gasteiger partial charge in [0.1, 0.15) is 6.04 Å². The monoisotopic (exact) mass is 325 g/mol. The fourth-order valence-electron chi connectivity index (χ4n) is 2.78. The molecule has 1 fully saturated rings. The molecule has 1 saturated heterocycles. The van der Waals surface area contributed by atoms with Gasteiger partial charge in [0, 0.05) is 13.5 Å². The highest BCUT2D eigenvalue weighted by molar-refractivity contribution is 5.76. The van der Waals surface area contributed by atoms with Crippen LogP contribution in [0.25, 0.3) is 0 Å². The van der Waals surface area contributed by atoms with Crippen LogP contribution in [0.5, 0.6) is 0 Å². The SMILES string of the molecule is Cc1nnc([C@H]2COCCN2C(=O)CCO[C@H](C)CC(C)C)o1. The Morgan fingerprint density at radius 1 is 1.39 bits per heavy atom. The molecule has 130 valence electrons. The Balaban J connectivity index is 1.86. The van der Waals surface area contributed by atoms with Crippen LogP contribution in [-0.2, 0) is 14.3 Å². The Hall–Kier alpha value is -1.47. The lowest BCUT2D eigenvalue weighted by atomic mass is 10.1. The number of amides is 1. The van der Waals surface area contributed by atoms with E-state index >= 15 is 0 Å². The van der Waals surface area contributed by atoms with Gasteiger partial charge in [-0.3, -0.25) is 4.79 Å². The molecule has 0 N–H and O–H groups in total. The van der Waals surface area contributed by atoms with E-state index < -0.39 is 0 Å². The largest absolute Gasteiger partial charge is 0.423 e. The maximum atomic E-state index is 12.5. The van der Waals surface area contributed by atoms with Crippen molar-refractivity contribution >= 4 is 5.91 Å². The van der Waals surface area contributed by atoms with E-state index in [1.165, 1.54) is 0 Å². The van der Waals surface area contributed by atoms with Gasteiger partial charge < -0.3 is 18.8 Å². The summed E-state index contributed by atoms with van der Waals surface area (Å²) < 4.78 is 16.7. The van der Waals surface area contributed by atoms with E-state index in [-0.39, 0.29) is 18.1 Å². The van der Waals surface area contributed by atoms with Gasteiger partial charge in [-0.2, -0.15) is 0 Å². The summed E-state index contributed by atoms with van der Waals surface area (Å²) in [5.74, 6) is 1.55. The molecule has 0 bridgehead atoms. The number of carbonyl (C=O) groups excluding carboxylic acids is 1. The van der Waals surface area contributed by atoms with Gasteiger partial charge in [-0.25, -0.2) is 0 Å². The molecule has 0 aliphatic carbocycles. The molecule has 1 aromatic rings. The molecule has 0 radical (unpaired) electrons. The van der Waals surface area contributed by atoms with E-state index in [1.807, 2.05) is 6.92 Å². The van der Waals surface area contributed by atoms with Crippen molar-refractivity contribution in [3.8, 4) is 0 Å². The number of nitrogens with zero attached hydrogens (tertiary/aromatic N) is 3. The number of hydrogen-bond donors (Lipinski definition) is 0. The molecular formula is C16H27N3O4. The number of morpholine rings is 1. The maximum absolute atomic E-state index is 12.5. The first-order valence-electron chi connectivity index (χ1n) is 8.26. The third-order valence-electron chi connectivity index (χ3n) is 3.80. The minimum atomic E-state index is -0.300. The third kappa shape index (κ3) is 5.28. The number of ether oxygens (including phenoxy) is 2. The molecule has 7 heteroatoms.